The molecular formula is C25H25N3O2. The molecule has 0 fully saturated rings. The van der Waals surface area contributed by atoms with Crippen molar-refractivity contribution in [2.24, 2.45) is 0 Å². The molecule has 1 aliphatic heterocycles. The summed E-state index contributed by atoms with van der Waals surface area (Å²) in [5.41, 5.74) is 5.18. The van der Waals surface area contributed by atoms with E-state index in [1.165, 1.54) is 29.1 Å². The number of hydrogen-bond donors (Lipinski definition) is 1. The minimum absolute atomic E-state index is 0.104. The fourth-order valence-corrected chi connectivity index (χ4v) is 3.69. The lowest BCUT2D eigenvalue weighted by molar-refractivity contribution is 0.0734. The van der Waals surface area contributed by atoms with E-state index in [1.807, 2.05) is 41.3 Å². The minimum atomic E-state index is -0.279. The van der Waals surface area contributed by atoms with Gasteiger partial charge in [-0.1, -0.05) is 50.2 Å². The molecular weight excluding hydrogens is 374 g/mol. The number of nitrogens with zero attached hydrogens (tertiary/aromatic N) is 2. The normalized spacial score (nSPS) is 13.1. The van der Waals surface area contributed by atoms with Crippen molar-refractivity contribution in [1.82, 2.24) is 9.88 Å². The number of anilines is 1. The van der Waals surface area contributed by atoms with E-state index in [1.54, 1.807) is 6.07 Å². The molecule has 2 amide bonds. The molecule has 1 N–H and O–H groups in total. The predicted molar refractivity (Wildman–Crippen MR) is 118 cm³/mol. The first-order chi connectivity index (χ1) is 14.5. The number of nitrogens with one attached hydrogen (secondary N) is 1. The molecule has 1 aliphatic rings. The molecule has 5 heteroatoms. The summed E-state index contributed by atoms with van der Waals surface area (Å²) in [6.07, 6.45) is 3.85. The lowest BCUT2D eigenvalue weighted by Crippen LogP contribution is -2.36. The van der Waals surface area contributed by atoms with Crippen LogP contribution in [0.3, 0.4) is 0 Å². The number of hydrogen-bond acceptors (Lipinski definition) is 3. The van der Waals surface area contributed by atoms with Gasteiger partial charge >= 0.3 is 0 Å². The van der Waals surface area contributed by atoms with Gasteiger partial charge in [0.2, 0.25) is 0 Å². The highest BCUT2D eigenvalue weighted by Crippen LogP contribution is 2.21. The highest BCUT2D eigenvalue weighted by molar-refractivity contribution is 6.05. The van der Waals surface area contributed by atoms with E-state index >= 15 is 0 Å². The fraction of sp³-hybridized carbons (Fsp3) is 0.240. The lowest BCUT2D eigenvalue weighted by Gasteiger charge is -2.28. The SMILES string of the molecule is CC(C)c1ccc(NC(=O)c2cncc(C(=O)N3CCc4ccccc4C3)c2)cc1. The van der Waals surface area contributed by atoms with Crippen molar-refractivity contribution in [2.75, 3.05) is 11.9 Å². The molecule has 0 saturated carbocycles. The Labute approximate surface area is 176 Å². The van der Waals surface area contributed by atoms with Crippen LogP contribution in [0.4, 0.5) is 5.69 Å². The Bertz CT molecular complexity index is 1070. The van der Waals surface area contributed by atoms with Crippen LogP contribution in [0.15, 0.2) is 67.0 Å². The molecule has 0 saturated heterocycles. The number of aromatic nitrogens is 1. The molecule has 4 rings (SSSR count). The lowest BCUT2D eigenvalue weighted by atomic mass is 9.99. The number of rotatable bonds is 4. The second kappa shape index (κ2) is 8.49. The van der Waals surface area contributed by atoms with Gasteiger partial charge in [-0.25, -0.2) is 0 Å². The standard InChI is InChI=1S/C25H25N3O2/c1-17(2)18-7-9-23(10-8-18)27-24(29)21-13-22(15-26-14-21)25(30)28-12-11-19-5-3-4-6-20(19)16-28/h3-10,13-15,17H,11-12,16H2,1-2H3,(H,27,29). The molecule has 0 radical (unpaired) electrons. The quantitative estimate of drug-likeness (QED) is 0.694. The minimum Gasteiger partial charge on any atom is -0.334 e. The van der Waals surface area contributed by atoms with Crippen molar-refractivity contribution in [3.63, 3.8) is 0 Å². The summed E-state index contributed by atoms with van der Waals surface area (Å²) in [7, 11) is 0. The Morgan fingerprint density at radius 3 is 2.40 bits per heavy atom. The molecule has 0 unspecified atom stereocenters. The van der Waals surface area contributed by atoms with E-state index in [9.17, 15) is 9.59 Å². The van der Waals surface area contributed by atoms with E-state index in [0.29, 0.717) is 35.8 Å². The van der Waals surface area contributed by atoms with Crippen LogP contribution < -0.4 is 5.32 Å². The average molecular weight is 399 g/mol. The van der Waals surface area contributed by atoms with Gasteiger partial charge in [0.15, 0.2) is 0 Å². The van der Waals surface area contributed by atoms with Gasteiger partial charge in [0.1, 0.15) is 0 Å². The van der Waals surface area contributed by atoms with Crippen LogP contribution in [0.1, 0.15) is 57.2 Å². The fourth-order valence-electron chi connectivity index (χ4n) is 3.69. The summed E-state index contributed by atoms with van der Waals surface area (Å²) in [6, 6.07) is 17.6. The second-order valence-electron chi connectivity index (χ2n) is 7.94. The van der Waals surface area contributed by atoms with Crippen molar-refractivity contribution in [1.29, 1.82) is 0 Å². The number of pyridine rings is 1. The van der Waals surface area contributed by atoms with Gasteiger partial charge in [0.05, 0.1) is 11.1 Å². The Hall–Kier alpha value is -3.47. The third-order valence-electron chi connectivity index (χ3n) is 5.50. The smallest absolute Gasteiger partial charge is 0.257 e. The van der Waals surface area contributed by atoms with Crippen molar-refractivity contribution in [3.8, 4) is 0 Å². The van der Waals surface area contributed by atoms with Crippen LogP contribution in [-0.2, 0) is 13.0 Å². The third kappa shape index (κ3) is 4.25. The van der Waals surface area contributed by atoms with Crippen molar-refractivity contribution >= 4 is 17.5 Å². The number of carbonyl (C=O) groups excluding carboxylic acids is 2. The monoisotopic (exact) mass is 399 g/mol. The van der Waals surface area contributed by atoms with Gasteiger partial charge in [-0.15, -0.1) is 0 Å². The Kier molecular flexibility index (Phi) is 5.61. The van der Waals surface area contributed by atoms with E-state index in [0.717, 1.165) is 6.42 Å². The van der Waals surface area contributed by atoms with Gasteiger partial charge in [-0.2, -0.15) is 0 Å². The first kappa shape index (κ1) is 19.8. The zero-order valence-electron chi connectivity index (χ0n) is 17.3. The van der Waals surface area contributed by atoms with Crippen molar-refractivity contribution < 1.29 is 9.59 Å². The number of carbonyl (C=O) groups is 2. The van der Waals surface area contributed by atoms with Crippen molar-refractivity contribution in [2.45, 2.75) is 32.7 Å². The maximum atomic E-state index is 13.0. The van der Waals surface area contributed by atoms with E-state index in [2.05, 4.69) is 36.3 Å². The molecule has 5 nitrogen and oxygen atoms in total. The molecule has 3 aromatic rings. The van der Waals surface area contributed by atoms with E-state index in [-0.39, 0.29) is 11.8 Å². The molecule has 0 spiro atoms. The van der Waals surface area contributed by atoms with Gasteiger partial charge < -0.3 is 10.2 Å². The first-order valence-corrected chi connectivity index (χ1v) is 10.2. The summed E-state index contributed by atoms with van der Waals surface area (Å²) in [6.45, 7) is 5.49. The number of benzene rings is 2. The summed E-state index contributed by atoms with van der Waals surface area (Å²) >= 11 is 0. The van der Waals surface area contributed by atoms with Crippen molar-refractivity contribution in [3.05, 3.63) is 94.8 Å². The molecule has 0 bridgehead atoms. The topological polar surface area (TPSA) is 62.3 Å². The molecule has 0 atom stereocenters. The average Bonchev–Trinajstić information content (AvgIpc) is 2.78. The Morgan fingerprint density at radius 2 is 1.67 bits per heavy atom. The molecule has 152 valence electrons. The number of amides is 2. The van der Waals surface area contributed by atoms with Crippen LogP contribution in [0.2, 0.25) is 0 Å². The van der Waals surface area contributed by atoms with Gasteiger partial charge in [-0.05, 0) is 47.2 Å². The summed E-state index contributed by atoms with van der Waals surface area (Å²) in [5, 5.41) is 2.88. The molecule has 1 aromatic heterocycles. The summed E-state index contributed by atoms with van der Waals surface area (Å²) in [5.74, 6) is 0.0507. The third-order valence-corrected chi connectivity index (χ3v) is 5.50. The van der Waals surface area contributed by atoms with E-state index in [4.69, 9.17) is 0 Å². The molecule has 2 aromatic carbocycles. The summed E-state index contributed by atoms with van der Waals surface area (Å²) < 4.78 is 0. The Balaban J connectivity index is 1.47. The summed E-state index contributed by atoms with van der Waals surface area (Å²) in [4.78, 5) is 31.6. The van der Waals surface area contributed by atoms with E-state index < -0.39 is 0 Å². The van der Waals surface area contributed by atoms with Crippen LogP contribution in [0.5, 0.6) is 0 Å². The Morgan fingerprint density at radius 1 is 0.967 bits per heavy atom. The maximum Gasteiger partial charge on any atom is 0.257 e. The first-order valence-electron chi connectivity index (χ1n) is 10.2. The van der Waals surface area contributed by atoms with Gasteiger partial charge in [0, 0.05) is 31.2 Å². The zero-order valence-corrected chi connectivity index (χ0v) is 17.3. The second-order valence-corrected chi connectivity index (χ2v) is 7.94. The largest absolute Gasteiger partial charge is 0.334 e. The highest BCUT2D eigenvalue weighted by atomic mass is 16.2. The van der Waals surface area contributed by atoms with Crippen LogP contribution in [0.25, 0.3) is 0 Å². The molecule has 30 heavy (non-hydrogen) atoms. The van der Waals surface area contributed by atoms with Crippen LogP contribution in [0, 0.1) is 0 Å². The van der Waals surface area contributed by atoms with Crippen LogP contribution in [-0.4, -0.2) is 28.2 Å². The highest BCUT2D eigenvalue weighted by Gasteiger charge is 2.22. The molecule has 2 heterocycles. The maximum absolute atomic E-state index is 13.0. The molecule has 0 aliphatic carbocycles. The van der Waals surface area contributed by atoms with Crippen LogP contribution >= 0.6 is 0 Å². The zero-order chi connectivity index (χ0) is 21.1. The van der Waals surface area contributed by atoms with Gasteiger partial charge in [0.25, 0.3) is 11.8 Å². The van der Waals surface area contributed by atoms with Gasteiger partial charge in [-0.3, -0.25) is 14.6 Å². The predicted octanol–water partition coefficient (Wildman–Crippen LogP) is 4.66. The number of fused-ring (bicyclic) bond motifs is 1.